The van der Waals surface area contributed by atoms with Crippen LogP contribution in [-0.2, 0) is 4.79 Å². The average molecular weight is 313 g/mol. The summed E-state index contributed by atoms with van der Waals surface area (Å²) in [4.78, 5) is 14.2. The molecule has 0 bridgehead atoms. The van der Waals surface area contributed by atoms with E-state index in [4.69, 9.17) is 11.6 Å². The van der Waals surface area contributed by atoms with Crippen LogP contribution in [0.25, 0.3) is 0 Å². The Balaban J connectivity index is 2.72. The summed E-state index contributed by atoms with van der Waals surface area (Å²) in [5.41, 5.74) is 2.69. The van der Waals surface area contributed by atoms with Gasteiger partial charge in [-0.15, -0.1) is 0 Å². The van der Waals surface area contributed by atoms with E-state index in [2.05, 4.69) is 5.32 Å². The number of aliphatic hydroxyl groups is 1. The Labute approximate surface area is 132 Å². The number of amides is 1. The van der Waals surface area contributed by atoms with E-state index in [1.807, 2.05) is 44.9 Å². The number of aryl methyl sites for hydroxylation is 2. The molecule has 0 aliphatic heterocycles. The molecule has 1 aromatic rings. The summed E-state index contributed by atoms with van der Waals surface area (Å²) in [7, 11) is 1.87. The Morgan fingerprint density at radius 2 is 2.00 bits per heavy atom. The lowest BCUT2D eigenvalue weighted by atomic mass is 10.1. The Hall–Kier alpha value is -1.10. The van der Waals surface area contributed by atoms with Gasteiger partial charge >= 0.3 is 0 Å². The summed E-state index contributed by atoms with van der Waals surface area (Å²) >= 11 is 6.20. The number of carbonyl (C=O) groups is 1. The van der Waals surface area contributed by atoms with Gasteiger partial charge in [0, 0.05) is 6.54 Å². The number of benzene rings is 1. The van der Waals surface area contributed by atoms with Crippen molar-refractivity contribution in [3.05, 3.63) is 28.3 Å². The number of nitrogens with one attached hydrogen (secondary N) is 1. The predicted octanol–water partition coefficient (Wildman–Crippen LogP) is 2.99. The fourth-order valence-electron chi connectivity index (χ4n) is 2.09. The minimum Gasteiger partial charge on any atom is -0.393 e. The highest BCUT2D eigenvalue weighted by atomic mass is 35.5. The van der Waals surface area contributed by atoms with Crippen LogP contribution < -0.4 is 5.32 Å². The molecule has 2 atom stereocenters. The zero-order valence-electron chi connectivity index (χ0n) is 13.4. The molecule has 0 heterocycles. The van der Waals surface area contributed by atoms with Crippen molar-refractivity contribution in [1.82, 2.24) is 4.90 Å². The second kappa shape index (κ2) is 7.78. The Kier molecular flexibility index (Phi) is 6.65. The zero-order chi connectivity index (χ0) is 16.2. The van der Waals surface area contributed by atoms with Crippen LogP contribution in [0.1, 0.15) is 31.4 Å². The third kappa shape index (κ3) is 5.30. The molecule has 0 spiro atoms. The molecule has 0 saturated carbocycles. The van der Waals surface area contributed by atoms with Gasteiger partial charge in [-0.3, -0.25) is 9.69 Å². The maximum absolute atomic E-state index is 12.3. The van der Waals surface area contributed by atoms with Crippen LogP contribution in [-0.4, -0.2) is 41.7 Å². The number of hydrogen-bond acceptors (Lipinski definition) is 3. The maximum Gasteiger partial charge on any atom is 0.241 e. The Morgan fingerprint density at radius 3 is 2.52 bits per heavy atom. The van der Waals surface area contributed by atoms with Gasteiger partial charge in [-0.1, -0.05) is 17.7 Å². The van der Waals surface area contributed by atoms with Crippen LogP contribution in [0.3, 0.4) is 0 Å². The third-order valence-corrected chi connectivity index (χ3v) is 3.92. The fraction of sp³-hybridized carbons (Fsp3) is 0.562. The first-order chi connectivity index (χ1) is 9.72. The van der Waals surface area contributed by atoms with E-state index < -0.39 is 0 Å². The molecule has 5 heteroatoms. The first-order valence-electron chi connectivity index (χ1n) is 7.18. The minimum atomic E-state index is -0.364. The lowest BCUT2D eigenvalue weighted by molar-refractivity contribution is -0.120. The molecule has 118 valence electrons. The standard InChI is InChI=1S/C16H25ClN2O2/c1-10-8-11(2)15(14(17)9-10)18-16(21)13(4)19(5)7-6-12(3)20/h8-9,12-13,20H,6-7H2,1-5H3,(H,18,21). The quantitative estimate of drug-likeness (QED) is 0.849. The molecule has 1 amide bonds. The topological polar surface area (TPSA) is 52.6 Å². The molecule has 0 saturated heterocycles. The Bertz CT molecular complexity index is 480. The molecule has 4 nitrogen and oxygen atoms in total. The highest BCUT2D eigenvalue weighted by Gasteiger charge is 2.20. The number of nitrogens with zero attached hydrogens (tertiary/aromatic N) is 1. The molecular weight excluding hydrogens is 288 g/mol. The zero-order valence-corrected chi connectivity index (χ0v) is 14.2. The lowest BCUT2D eigenvalue weighted by Gasteiger charge is -2.25. The smallest absolute Gasteiger partial charge is 0.241 e. The number of aliphatic hydroxyl groups excluding tert-OH is 1. The first kappa shape index (κ1) is 18.0. The van der Waals surface area contributed by atoms with Crippen LogP contribution in [0.2, 0.25) is 5.02 Å². The van der Waals surface area contributed by atoms with Crippen molar-refractivity contribution in [2.45, 2.75) is 46.3 Å². The normalized spacial score (nSPS) is 14.1. The number of anilines is 1. The number of carbonyl (C=O) groups excluding carboxylic acids is 1. The molecule has 0 fully saturated rings. The molecule has 0 aliphatic carbocycles. The van der Waals surface area contributed by atoms with Gasteiger partial charge in [0.2, 0.25) is 5.91 Å². The van der Waals surface area contributed by atoms with Crippen LogP contribution in [0.4, 0.5) is 5.69 Å². The summed E-state index contributed by atoms with van der Waals surface area (Å²) in [6.45, 7) is 8.14. The SMILES string of the molecule is Cc1cc(C)c(NC(=O)C(C)N(C)CCC(C)O)c(Cl)c1. The molecule has 0 aromatic heterocycles. The van der Waals surface area contributed by atoms with E-state index in [9.17, 15) is 9.90 Å². The highest BCUT2D eigenvalue weighted by molar-refractivity contribution is 6.34. The molecular formula is C16H25ClN2O2. The summed E-state index contributed by atoms with van der Waals surface area (Å²) < 4.78 is 0. The molecule has 2 unspecified atom stereocenters. The predicted molar refractivity (Wildman–Crippen MR) is 87.9 cm³/mol. The van der Waals surface area contributed by atoms with E-state index in [0.29, 0.717) is 23.7 Å². The van der Waals surface area contributed by atoms with E-state index in [-0.39, 0.29) is 18.1 Å². The van der Waals surface area contributed by atoms with Crippen molar-refractivity contribution in [2.24, 2.45) is 0 Å². The van der Waals surface area contributed by atoms with Gasteiger partial charge in [-0.2, -0.15) is 0 Å². The van der Waals surface area contributed by atoms with Crippen molar-refractivity contribution < 1.29 is 9.90 Å². The molecule has 1 rings (SSSR count). The van der Waals surface area contributed by atoms with Gasteiger partial charge in [0.15, 0.2) is 0 Å². The van der Waals surface area contributed by atoms with Gasteiger partial charge in [0.1, 0.15) is 0 Å². The van der Waals surface area contributed by atoms with E-state index in [1.54, 1.807) is 6.92 Å². The summed E-state index contributed by atoms with van der Waals surface area (Å²) in [5, 5.41) is 12.8. The van der Waals surface area contributed by atoms with Gasteiger partial charge < -0.3 is 10.4 Å². The van der Waals surface area contributed by atoms with E-state index in [0.717, 1.165) is 11.1 Å². The molecule has 0 aliphatic rings. The van der Waals surface area contributed by atoms with Crippen molar-refractivity contribution in [3.63, 3.8) is 0 Å². The average Bonchev–Trinajstić information content (AvgIpc) is 2.38. The van der Waals surface area contributed by atoms with Crippen LogP contribution in [0.5, 0.6) is 0 Å². The second-order valence-electron chi connectivity index (χ2n) is 5.72. The Morgan fingerprint density at radius 1 is 1.38 bits per heavy atom. The lowest BCUT2D eigenvalue weighted by Crippen LogP contribution is -2.40. The van der Waals surface area contributed by atoms with E-state index >= 15 is 0 Å². The first-order valence-corrected chi connectivity index (χ1v) is 7.56. The minimum absolute atomic E-state index is 0.100. The fourth-order valence-corrected chi connectivity index (χ4v) is 2.45. The van der Waals surface area contributed by atoms with Crippen molar-refractivity contribution >= 4 is 23.2 Å². The summed E-state index contributed by atoms with van der Waals surface area (Å²) in [6.07, 6.45) is 0.273. The number of hydrogen-bond donors (Lipinski definition) is 2. The van der Waals surface area contributed by atoms with Crippen molar-refractivity contribution in [2.75, 3.05) is 18.9 Å². The van der Waals surface area contributed by atoms with Gasteiger partial charge in [0.05, 0.1) is 22.9 Å². The third-order valence-electron chi connectivity index (χ3n) is 3.62. The van der Waals surface area contributed by atoms with Gasteiger partial charge in [0.25, 0.3) is 0 Å². The maximum atomic E-state index is 12.3. The number of rotatable bonds is 6. The van der Waals surface area contributed by atoms with Crippen LogP contribution >= 0.6 is 11.6 Å². The summed E-state index contributed by atoms with van der Waals surface area (Å²) in [5.74, 6) is -0.100. The van der Waals surface area contributed by atoms with Crippen molar-refractivity contribution in [1.29, 1.82) is 0 Å². The largest absolute Gasteiger partial charge is 0.393 e. The van der Waals surface area contributed by atoms with Gasteiger partial charge in [-0.05, 0) is 58.4 Å². The van der Waals surface area contributed by atoms with Crippen LogP contribution in [0.15, 0.2) is 12.1 Å². The van der Waals surface area contributed by atoms with Crippen LogP contribution in [0, 0.1) is 13.8 Å². The highest BCUT2D eigenvalue weighted by Crippen LogP contribution is 2.27. The van der Waals surface area contributed by atoms with Gasteiger partial charge in [-0.25, -0.2) is 0 Å². The van der Waals surface area contributed by atoms with Crippen molar-refractivity contribution in [3.8, 4) is 0 Å². The molecule has 21 heavy (non-hydrogen) atoms. The van der Waals surface area contributed by atoms with E-state index in [1.165, 1.54) is 0 Å². The molecule has 0 radical (unpaired) electrons. The molecule has 1 aromatic carbocycles. The second-order valence-corrected chi connectivity index (χ2v) is 6.13. The number of halogens is 1. The molecule has 2 N–H and O–H groups in total. The number of likely N-dealkylation sites (N-methyl/N-ethyl adjacent to an activating group) is 1. The monoisotopic (exact) mass is 312 g/mol. The summed E-state index contributed by atoms with van der Waals surface area (Å²) in [6, 6.07) is 3.54.